The van der Waals surface area contributed by atoms with Crippen molar-refractivity contribution in [1.29, 1.82) is 0 Å². The molecule has 0 heterocycles. The molecule has 0 aliphatic heterocycles. The summed E-state index contributed by atoms with van der Waals surface area (Å²) in [6, 6.07) is 0. The number of allylic oxidation sites excluding steroid dienone is 1. The first-order valence-electron chi connectivity index (χ1n) is 16.3. The first-order valence-corrected chi connectivity index (χ1v) is 21.9. The second kappa shape index (κ2) is 19.6. The minimum absolute atomic E-state index is 0.202. The maximum atomic E-state index is 11.1. The third-order valence-electron chi connectivity index (χ3n) is 9.17. The number of rotatable bonds is 22. The molecule has 1 N–H and O–H groups in total. The zero-order valence-corrected chi connectivity index (χ0v) is 32.1. The SMILES string of the molecule is CSCO[C@H](C[C@H](C)C[C@H](C)O[Si](C(C)C)(C(C)C)C(C)C)[C@@H](O)/C=C/CCCO[Si](C(C)C)(C(C)C)C(C)C. The Bertz CT molecular complexity index is 638. The molecule has 0 radical (unpaired) electrons. The van der Waals surface area contributed by atoms with E-state index in [1.165, 1.54) is 0 Å². The highest BCUT2D eigenvalue weighted by Gasteiger charge is 2.46. The van der Waals surface area contributed by atoms with E-state index in [0.29, 0.717) is 45.1 Å². The number of aliphatic hydroxyl groups is 1. The molecular weight excluding hydrogens is 549 g/mol. The van der Waals surface area contributed by atoms with Gasteiger partial charge >= 0.3 is 0 Å². The minimum Gasteiger partial charge on any atom is -0.416 e. The quantitative estimate of drug-likeness (QED) is 0.0566. The van der Waals surface area contributed by atoms with Crippen LogP contribution in [0.2, 0.25) is 33.2 Å². The van der Waals surface area contributed by atoms with Crippen molar-refractivity contribution >= 4 is 28.4 Å². The molecule has 0 saturated carbocycles. The maximum Gasteiger partial charge on any atom is 0.200 e. The average molecular weight is 619 g/mol. The molecule has 0 aliphatic carbocycles. The Balaban J connectivity index is 5.11. The summed E-state index contributed by atoms with van der Waals surface area (Å²) in [5, 5.41) is 11.1. The first-order chi connectivity index (χ1) is 18.5. The number of thioether (sulfide) groups is 1. The molecule has 0 aromatic carbocycles. The van der Waals surface area contributed by atoms with Crippen molar-refractivity contribution in [2.45, 2.75) is 174 Å². The Morgan fingerprint density at radius 3 is 1.60 bits per heavy atom. The molecule has 240 valence electrons. The smallest absolute Gasteiger partial charge is 0.200 e. The number of hydrogen-bond donors (Lipinski definition) is 1. The van der Waals surface area contributed by atoms with Gasteiger partial charge in [0.1, 0.15) is 0 Å². The highest BCUT2D eigenvalue weighted by molar-refractivity contribution is 7.98. The lowest BCUT2D eigenvalue weighted by Crippen LogP contribution is -2.50. The van der Waals surface area contributed by atoms with Crippen molar-refractivity contribution in [2.24, 2.45) is 5.92 Å². The average Bonchev–Trinajstić information content (AvgIpc) is 2.82. The van der Waals surface area contributed by atoms with E-state index in [9.17, 15) is 5.11 Å². The van der Waals surface area contributed by atoms with E-state index in [2.05, 4.69) is 103 Å². The van der Waals surface area contributed by atoms with Crippen LogP contribution < -0.4 is 0 Å². The molecule has 0 bridgehead atoms. The van der Waals surface area contributed by atoms with Crippen LogP contribution in [0.25, 0.3) is 0 Å². The Morgan fingerprint density at radius 2 is 1.18 bits per heavy atom. The van der Waals surface area contributed by atoms with Crippen LogP contribution in [-0.2, 0) is 13.6 Å². The van der Waals surface area contributed by atoms with Gasteiger partial charge in [-0.15, -0.1) is 11.8 Å². The summed E-state index contributed by atoms with van der Waals surface area (Å²) in [5.74, 6) is 0.996. The lowest BCUT2D eigenvalue weighted by Gasteiger charge is -2.44. The molecule has 0 unspecified atom stereocenters. The van der Waals surface area contributed by atoms with Crippen molar-refractivity contribution in [1.82, 2.24) is 0 Å². The fourth-order valence-corrected chi connectivity index (χ4v) is 19.1. The van der Waals surface area contributed by atoms with Gasteiger partial charge in [-0.2, -0.15) is 0 Å². The van der Waals surface area contributed by atoms with Crippen LogP contribution in [0.15, 0.2) is 12.2 Å². The largest absolute Gasteiger partial charge is 0.416 e. The minimum atomic E-state index is -1.90. The van der Waals surface area contributed by atoms with E-state index in [-0.39, 0.29) is 12.2 Å². The molecular formula is C33H70O4SSi2. The molecule has 0 fully saturated rings. The molecule has 0 saturated heterocycles. The van der Waals surface area contributed by atoms with Crippen molar-refractivity contribution in [2.75, 3.05) is 18.8 Å². The molecule has 7 heteroatoms. The Kier molecular flexibility index (Phi) is 19.8. The Hall–Kier alpha value is 0.364. The van der Waals surface area contributed by atoms with Gasteiger partial charge in [0.15, 0.2) is 8.32 Å². The van der Waals surface area contributed by atoms with Crippen molar-refractivity contribution in [3.05, 3.63) is 12.2 Å². The van der Waals surface area contributed by atoms with Gasteiger partial charge in [0.2, 0.25) is 8.32 Å². The van der Waals surface area contributed by atoms with Gasteiger partial charge in [-0.3, -0.25) is 0 Å². The molecule has 4 atom stereocenters. The lowest BCUT2D eigenvalue weighted by atomic mass is 9.95. The van der Waals surface area contributed by atoms with Gasteiger partial charge < -0.3 is 18.7 Å². The third kappa shape index (κ3) is 11.8. The first kappa shape index (κ1) is 40.4. The highest BCUT2D eigenvalue weighted by atomic mass is 32.2. The van der Waals surface area contributed by atoms with Crippen LogP contribution in [-0.4, -0.2) is 58.9 Å². The van der Waals surface area contributed by atoms with Gasteiger partial charge in [-0.1, -0.05) is 102 Å². The topological polar surface area (TPSA) is 47.9 Å². The van der Waals surface area contributed by atoms with Crippen molar-refractivity contribution < 1.29 is 18.7 Å². The van der Waals surface area contributed by atoms with E-state index in [1.807, 2.05) is 12.3 Å². The monoisotopic (exact) mass is 618 g/mol. The highest BCUT2D eigenvalue weighted by Crippen LogP contribution is 2.44. The van der Waals surface area contributed by atoms with Gasteiger partial charge in [-0.05, 0) is 78.0 Å². The molecule has 0 rings (SSSR count). The summed E-state index contributed by atoms with van der Waals surface area (Å²) in [4.78, 5) is 0. The van der Waals surface area contributed by atoms with Gasteiger partial charge in [0.05, 0.1) is 18.1 Å². The van der Waals surface area contributed by atoms with Crippen LogP contribution in [0.5, 0.6) is 0 Å². The molecule has 0 spiro atoms. The summed E-state index contributed by atoms with van der Waals surface area (Å²) < 4.78 is 19.8. The van der Waals surface area contributed by atoms with Crippen LogP contribution in [0.4, 0.5) is 0 Å². The van der Waals surface area contributed by atoms with Crippen molar-refractivity contribution in [3.63, 3.8) is 0 Å². The van der Waals surface area contributed by atoms with Crippen LogP contribution in [0.3, 0.4) is 0 Å². The van der Waals surface area contributed by atoms with E-state index in [0.717, 1.165) is 32.3 Å². The zero-order valence-electron chi connectivity index (χ0n) is 29.3. The van der Waals surface area contributed by atoms with E-state index < -0.39 is 22.7 Å². The van der Waals surface area contributed by atoms with E-state index in [1.54, 1.807) is 11.8 Å². The maximum absolute atomic E-state index is 11.1. The predicted molar refractivity (Wildman–Crippen MR) is 185 cm³/mol. The summed E-state index contributed by atoms with van der Waals surface area (Å²) in [7, 11) is -3.72. The summed E-state index contributed by atoms with van der Waals surface area (Å²) in [6.45, 7) is 33.4. The molecule has 40 heavy (non-hydrogen) atoms. The van der Waals surface area contributed by atoms with Crippen molar-refractivity contribution in [3.8, 4) is 0 Å². The fraction of sp³-hybridized carbons (Fsp3) is 0.939. The fourth-order valence-electron chi connectivity index (χ4n) is 7.64. The Labute approximate surface area is 257 Å². The zero-order chi connectivity index (χ0) is 31.3. The van der Waals surface area contributed by atoms with Crippen LogP contribution >= 0.6 is 11.8 Å². The second-order valence-electron chi connectivity index (χ2n) is 14.2. The number of ether oxygens (including phenoxy) is 1. The molecule has 4 nitrogen and oxygen atoms in total. The van der Waals surface area contributed by atoms with Crippen LogP contribution in [0, 0.1) is 5.92 Å². The number of hydrogen-bond acceptors (Lipinski definition) is 5. The van der Waals surface area contributed by atoms with Crippen LogP contribution in [0.1, 0.15) is 123 Å². The standard InChI is InChI=1S/C33H70O4SSi2/c1-24(2)39(25(3)4,26(5)6)36-20-18-16-17-19-32(34)33(35-23-38-15)22-30(13)21-31(14)37-40(27(7)8,28(9)10)29(11)12/h17,19,24-34H,16,18,20-23H2,1-15H3/b19-17+/t30-,31+,32+,33-/m1/s1. The molecule has 0 aromatic heterocycles. The van der Waals surface area contributed by atoms with Gasteiger partial charge in [0.25, 0.3) is 0 Å². The number of unbranched alkanes of at least 4 members (excludes halogenated alkanes) is 1. The molecule has 0 aliphatic rings. The van der Waals surface area contributed by atoms with Gasteiger partial charge in [-0.25, -0.2) is 0 Å². The second-order valence-corrected chi connectivity index (χ2v) is 25.8. The predicted octanol–water partition coefficient (Wildman–Crippen LogP) is 10.6. The Morgan fingerprint density at radius 1 is 0.700 bits per heavy atom. The lowest BCUT2D eigenvalue weighted by molar-refractivity contribution is -0.0115. The van der Waals surface area contributed by atoms with E-state index in [4.69, 9.17) is 13.6 Å². The number of aliphatic hydroxyl groups excluding tert-OH is 1. The van der Waals surface area contributed by atoms with E-state index >= 15 is 0 Å². The normalized spacial score (nSPS) is 16.9. The summed E-state index contributed by atoms with van der Waals surface area (Å²) in [5.41, 5.74) is 3.57. The molecule has 0 aromatic rings. The van der Waals surface area contributed by atoms with Gasteiger partial charge in [0, 0.05) is 12.7 Å². The molecule has 0 amide bonds. The summed E-state index contributed by atoms with van der Waals surface area (Å²) in [6.07, 6.45) is 9.24. The third-order valence-corrected chi connectivity index (χ3v) is 21.9. The summed E-state index contributed by atoms with van der Waals surface area (Å²) >= 11 is 1.66.